The van der Waals surface area contributed by atoms with Crippen LogP contribution in [0.15, 0.2) is 67.0 Å². The number of para-hydroxylation sites is 1. The summed E-state index contributed by atoms with van der Waals surface area (Å²) >= 11 is 0. The molecule has 0 saturated heterocycles. The van der Waals surface area contributed by atoms with E-state index in [1.807, 2.05) is 24.4 Å². The van der Waals surface area contributed by atoms with E-state index >= 15 is 0 Å². The Kier molecular flexibility index (Phi) is 6.11. The number of rotatable bonds is 4. The van der Waals surface area contributed by atoms with E-state index in [1.54, 1.807) is 0 Å². The van der Waals surface area contributed by atoms with Gasteiger partial charge >= 0.3 is 0 Å². The molecule has 0 fully saturated rings. The summed E-state index contributed by atoms with van der Waals surface area (Å²) in [7, 11) is 2.19. The molecule has 5 rings (SSSR count). The van der Waals surface area contributed by atoms with Crippen molar-refractivity contribution in [2.24, 2.45) is 7.05 Å². The van der Waals surface area contributed by atoms with Crippen LogP contribution >= 0.6 is 0 Å². The Morgan fingerprint density at radius 1 is 0.906 bits per heavy atom. The van der Waals surface area contributed by atoms with Crippen molar-refractivity contribution < 1.29 is 20.1 Å². The van der Waals surface area contributed by atoms with Crippen LogP contribution in [-0.2, 0) is 27.2 Å². The van der Waals surface area contributed by atoms with E-state index in [0.717, 1.165) is 11.4 Å². The third kappa shape index (κ3) is 3.43. The van der Waals surface area contributed by atoms with E-state index in [-0.39, 0.29) is 20.1 Å². The third-order valence-corrected chi connectivity index (χ3v) is 6.28. The van der Waals surface area contributed by atoms with Crippen molar-refractivity contribution >= 4 is 21.8 Å². The van der Waals surface area contributed by atoms with Crippen LogP contribution in [0.2, 0.25) is 0 Å². The molecule has 2 heterocycles. The van der Waals surface area contributed by atoms with E-state index in [0.29, 0.717) is 11.8 Å². The van der Waals surface area contributed by atoms with Crippen LogP contribution in [0.25, 0.3) is 38.9 Å². The average Bonchev–Trinajstić information content (AvgIpc) is 3.37. The fourth-order valence-corrected chi connectivity index (χ4v) is 4.77. The maximum absolute atomic E-state index is 4.73. The number of benzene rings is 3. The quantitative estimate of drug-likeness (QED) is 0.200. The van der Waals surface area contributed by atoms with Crippen molar-refractivity contribution in [3.63, 3.8) is 0 Å². The molecular weight excluding hydrogens is 571 g/mol. The molecule has 5 aromatic rings. The van der Waals surface area contributed by atoms with Crippen molar-refractivity contribution in [2.75, 3.05) is 0 Å². The van der Waals surface area contributed by atoms with Crippen LogP contribution in [0.3, 0.4) is 0 Å². The summed E-state index contributed by atoms with van der Waals surface area (Å²) in [6.45, 7) is 9.15. The van der Waals surface area contributed by atoms with E-state index in [9.17, 15) is 0 Å². The Labute approximate surface area is 203 Å². The van der Waals surface area contributed by atoms with Gasteiger partial charge in [-0.05, 0) is 29.0 Å². The van der Waals surface area contributed by atoms with Gasteiger partial charge < -0.3 is 9.13 Å². The predicted octanol–water partition coefficient (Wildman–Crippen LogP) is 7.23. The summed E-state index contributed by atoms with van der Waals surface area (Å²) < 4.78 is 4.61. The zero-order valence-electron chi connectivity index (χ0n) is 19.2. The van der Waals surface area contributed by atoms with Gasteiger partial charge in [0.15, 0.2) is 0 Å². The Hall–Kier alpha value is -2.68. The SMILES string of the molecule is CC(C)c1cc(C(C)C)c2c3ccccc3n(C)c2c1-n1ccnc1-c1[c-]cccc1.[Ir]. The van der Waals surface area contributed by atoms with Gasteiger partial charge in [-0.3, -0.25) is 4.98 Å². The number of fused-ring (bicyclic) bond motifs is 3. The van der Waals surface area contributed by atoms with Gasteiger partial charge in [-0.25, -0.2) is 0 Å². The average molecular weight is 599 g/mol. The van der Waals surface area contributed by atoms with E-state index in [2.05, 4.69) is 92.5 Å². The first-order chi connectivity index (χ1) is 15.0. The molecule has 0 spiro atoms. The fourth-order valence-electron chi connectivity index (χ4n) is 4.77. The van der Waals surface area contributed by atoms with E-state index in [4.69, 9.17) is 4.98 Å². The molecule has 32 heavy (non-hydrogen) atoms. The van der Waals surface area contributed by atoms with Crippen molar-refractivity contribution in [3.8, 4) is 17.1 Å². The molecule has 0 saturated carbocycles. The second-order valence-corrected chi connectivity index (χ2v) is 8.91. The van der Waals surface area contributed by atoms with Gasteiger partial charge in [0.25, 0.3) is 0 Å². The molecule has 0 aliphatic heterocycles. The molecule has 0 unspecified atom stereocenters. The summed E-state index contributed by atoms with van der Waals surface area (Å²) in [5, 5.41) is 2.66. The Morgan fingerprint density at radius 2 is 1.62 bits per heavy atom. The van der Waals surface area contributed by atoms with Crippen LogP contribution in [0, 0.1) is 6.07 Å². The second kappa shape index (κ2) is 8.69. The molecule has 3 aromatic carbocycles. The van der Waals surface area contributed by atoms with Gasteiger partial charge in [0.05, 0.1) is 17.0 Å². The Morgan fingerprint density at radius 3 is 2.31 bits per heavy atom. The molecule has 0 aliphatic rings. The van der Waals surface area contributed by atoms with Gasteiger partial charge in [0.1, 0.15) is 0 Å². The minimum Gasteiger partial charge on any atom is -0.342 e. The van der Waals surface area contributed by atoms with E-state index in [1.165, 1.54) is 38.6 Å². The molecule has 0 atom stereocenters. The molecule has 165 valence electrons. The van der Waals surface area contributed by atoms with Crippen LogP contribution in [0.5, 0.6) is 0 Å². The zero-order valence-corrected chi connectivity index (χ0v) is 21.6. The fraction of sp³-hybridized carbons (Fsp3) is 0.250. The molecule has 0 aliphatic carbocycles. The summed E-state index contributed by atoms with van der Waals surface area (Å²) in [4.78, 5) is 4.73. The van der Waals surface area contributed by atoms with Crippen molar-refractivity contribution in [1.82, 2.24) is 14.1 Å². The number of aryl methyl sites for hydroxylation is 1. The molecule has 3 nitrogen and oxygen atoms in total. The number of hydrogen-bond acceptors (Lipinski definition) is 1. The molecule has 1 radical (unpaired) electrons. The zero-order chi connectivity index (χ0) is 21.7. The standard InChI is InChI=1S/C28H28N3.Ir/c1-18(2)22-17-23(19(3)4)26(27-25(22)21-13-9-10-14-24(21)30(27)5)31-16-15-29-28(31)20-11-7-6-8-12-20;/h6-11,13-19H,1-5H3;/q-1;. The predicted molar refractivity (Wildman–Crippen MR) is 130 cm³/mol. The number of nitrogens with zero attached hydrogens (tertiary/aromatic N) is 3. The maximum atomic E-state index is 4.73. The summed E-state index contributed by atoms with van der Waals surface area (Å²) in [6, 6.07) is 22.6. The van der Waals surface area contributed by atoms with Crippen LogP contribution in [0.1, 0.15) is 50.7 Å². The summed E-state index contributed by atoms with van der Waals surface area (Å²) in [5.74, 6) is 1.74. The van der Waals surface area contributed by atoms with Crippen LogP contribution in [-0.4, -0.2) is 14.1 Å². The molecule has 0 amide bonds. The van der Waals surface area contributed by atoms with Gasteiger partial charge in [-0.1, -0.05) is 52.0 Å². The maximum Gasteiger partial charge on any atom is 0.0732 e. The van der Waals surface area contributed by atoms with Gasteiger partial charge in [0, 0.05) is 55.8 Å². The summed E-state index contributed by atoms with van der Waals surface area (Å²) in [5.41, 5.74) is 7.50. The third-order valence-electron chi connectivity index (χ3n) is 6.28. The first-order valence-electron chi connectivity index (χ1n) is 11.0. The first-order valence-corrected chi connectivity index (χ1v) is 11.0. The number of hydrogen-bond donors (Lipinski definition) is 0. The smallest absolute Gasteiger partial charge is 0.0732 e. The topological polar surface area (TPSA) is 22.8 Å². The molecule has 4 heteroatoms. The van der Waals surface area contributed by atoms with Crippen molar-refractivity contribution in [2.45, 2.75) is 39.5 Å². The Bertz CT molecular complexity index is 1390. The summed E-state index contributed by atoms with van der Waals surface area (Å²) in [6.07, 6.45) is 3.98. The molecule has 0 N–H and O–H groups in total. The monoisotopic (exact) mass is 599 g/mol. The van der Waals surface area contributed by atoms with Gasteiger partial charge in [-0.2, -0.15) is 0 Å². The van der Waals surface area contributed by atoms with E-state index < -0.39 is 0 Å². The largest absolute Gasteiger partial charge is 0.342 e. The minimum absolute atomic E-state index is 0. The molecule has 2 aromatic heterocycles. The van der Waals surface area contributed by atoms with Gasteiger partial charge in [0.2, 0.25) is 0 Å². The van der Waals surface area contributed by atoms with Crippen molar-refractivity contribution in [3.05, 3.63) is 84.2 Å². The van der Waals surface area contributed by atoms with Crippen LogP contribution < -0.4 is 0 Å². The first kappa shape index (κ1) is 22.5. The van der Waals surface area contributed by atoms with Crippen molar-refractivity contribution in [1.29, 1.82) is 0 Å². The second-order valence-electron chi connectivity index (χ2n) is 8.91. The van der Waals surface area contributed by atoms with Gasteiger partial charge in [-0.15, -0.1) is 35.9 Å². The number of imidazole rings is 1. The van der Waals surface area contributed by atoms with Crippen LogP contribution in [0.4, 0.5) is 0 Å². The molecular formula is C28H28IrN3-. The minimum atomic E-state index is 0. The number of aromatic nitrogens is 3. The Balaban J connectivity index is 0.00000245. The molecule has 0 bridgehead atoms. The normalized spacial score (nSPS) is 11.6.